The van der Waals surface area contributed by atoms with E-state index in [1.165, 1.54) is 0 Å². The van der Waals surface area contributed by atoms with E-state index in [1.54, 1.807) is 25.1 Å². The number of nitrogens with zero attached hydrogens (tertiary/aromatic N) is 1. The van der Waals surface area contributed by atoms with Gasteiger partial charge in [0, 0.05) is 11.6 Å². The Morgan fingerprint density at radius 3 is 2.68 bits per heavy atom. The standard InChI is InChI=1S/C21H19NO6/c1-14(27-17-5-3-2-4-6-17)21(23)26-13-16-12-19(28-22-16)15-7-8-18-20(11-15)25-10-9-24-18/h2-8,11-12,14H,9-10,13H2,1H3. The molecule has 0 radical (unpaired) electrons. The van der Waals surface area contributed by atoms with E-state index >= 15 is 0 Å². The lowest BCUT2D eigenvalue weighted by Crippen LogP contribution is -2.26. The fraction of sp³-hybridized carbons (Fsp3) is 0.238. The Labute approximate surface area is 161 Å². The van der Waals surface area contributed by atoms with Gasteiger partial charge in [-0.05, 0) is 37.3 Å². The first-order valence-electron chi connectivity index (χ1n) is 8.93. The molecule has 7 nitrogen and oxygen atoms in total. The molecule has 1 atom stereocenters. The van der Waals surface area contributed by atoms with Crippen molar-refractivity contribution < 1.29 is 28.3 Å². The molecule has 1 aliphatic heterocycles. The van der Waals surface area contributed by atoms with E-state index in [-0.39, 0.29) is 6.61 Å². The van der Waals surface area contributed by atoms with Gasteiger partial charge in [-0.3, -0.25) is 0 Å². The third-order valence-electron chi connectivity index (χ3n) is 4.14. The van der Waals surface area contributed by atoms with E-state index < -0.39 is 12.1 Å². The zero-order chi connectivity index (χ0) is 19.3. The highest BCUT2D eigenvalue weighted by Gasteiger charge is 2.18. The van der Waals surface area contributed by atoms with Crippen LogP contribution in [0.2, 0.25) is 0 Å². The van der Waals surface area contributed by atoms with Crippen molar-refractivity contribution in [3.05, 3.63) is 60.3 Å². The summed E-state index contributed by atoms with van der Waals surface area (Å²) in [5, 5.41) is 3.95. The van der Waals surface area contributed by atoms with Gasteiger partial charge in [-0.2, -0.15) is 0 Å². The summed E-state index contributed by atoms with van der Waals surface area (Å²) in [4.78, 5) is 12.1. The van der Waals surface area contributed by atoms with Crippen LogP contribution in [0, 0.1) is 0 Å². The average molecular weight is 381 g/mol. The number of rotatable bonds is 6. The number of carbonyl (C=O) groups is 1. The maximum Gasteiger partial charge on any atom is 0.347 e. The van der Waals surface area contributed by atoms with Gasteiger partial charge >= 0.3 is 5.97 Å². The molecule has 0 amide bonds. The Balaban J connectivity index is 1.35. The Kier molecular flexibility index (Phi) is 5.14. The molecule has 3 aromatic rings. The Bertz CT molecular complexity index is 953. The van der Waals surface area contributed by atoms with Crippen molar-refractivity contribution in [3.63, 3.8) is 0 Å². The van der Waals surface area contributed by atoms with Crippen molar-refractivity contribution in [3.8, 4) is 28.6 Å². The van der Waals surface area contributed by atoms with Gasteiger partial charge in [-0.1, -0.05) is 23.4 Å². The van der Waals surface area contributed by atoms with Gasteiger partial charge in [0.1, 0.15) is 31.3 Å². The molecular weight excluding hydrogens is 362 g/mol. The van der Waals surface area contributed by atoms with Crippen molar-refractivity contribution in [2.75, 3.05) is 13.2 Å². The van der Waals surface area contributed by atoms with Crippen molar-refractivity contribution in [2.24, 2.45) is 0 Å². The van der Waals surface area contributed by atoms with Gasteiger partial charge in [-0.25, -0.2) is 4.79 Å². The van der Waals surface area contributed by atoms with Gasteiger partial charge < -0.3 is 23.5 Å². The molecule has 1 unspecified atom stereocenters. The molecule has 0 saturated heterocycles. The quantitative estimate of drug-likeness (QED) is 0.603. The normalized spacial score (nSPS) is 13.6. The zero-order valence-corrected chi connectivity index (χ0v) is 15.3. The number of carbonyl (C=O) groups excluding carboxylic acids is 1. The molecule has 0 spiro atoms. The topological polar surface area (TPSA) is 80.0 Å². The zero-order valence-electron chi connectivity index (χ0n) is 15.3. The molecule has 0 bridgehead atoms. The first-order valence-corrected chi connectivity index (χ1v) is 8.93. The highest BCUT2D eigenvalue weighted by atomic mass is 16.6. The van der Waals surface area contributed by atoms with Gasteiger partial charge in [0.2, 0.25) is 0 Å². The molecule has 0 N–H and O–H groups in total. The number of aromatic nitrogens is 1. The van der Waals surface area contributed by atoms with Crippen molar-refractivity contribution in [1.82, 2.24) is 5.16 Å². The fourth-order valence-corrected chi connectivity index (χ4v) is 2.73. The molecule has 2 aromatic carbocycles. The molecule has 28 heavy (non-hydrogen) atoms. The van der Waals surface area contributed by atoms with Gasteiger partial charge in [-0.15, -0.1) is 0 Å². The monoisotopic (exact) mass is 381 g/mol. The summed E-state index contributed by atoms with van der Waals surface area (Å²) in [6.07, 6.45) is -0.730. The van der Waals surface area contributed by atoms with Crippen LogP contribution in [0.15, 0.2) is 59.1 Å². The predicted molar refractivity (Wildman–Crippen MR) is 99.3 cm³/mol. The first-order chi connectivity index (χ1) is 13.7. The summed E-state index contributed by atoms with van der Waals surface area (Å²) in [7, 11) is 0. The smallest absolute Gasteiger partial charge is 0.347 e. The molecule has 4 rings (SSSR count). The number of fused-ring (bicyclic) bond motifs is 1. The minimum absolute atomic E-state index is 0.00459. The molecule has 0 saturated carbocycles. The lowest BCUT2D eigenvalue weighted by Gasteiger charge is -2.18. The maximum atomic E-state index is 12.1. The van der Waals surface area contributed by atoms with E-state index in [4.69, 9.17) is 23.5 Å². The second kappa shape index (κ2) is 8.04. The minimum atomic E-state index is -0.730. The SMILES string of the molecule is CC(Oc1ccccc1)C(=O)OCc1cc(-c2ccc3c(c2)OCCO3)on1. The van der Waals surface area contributed by atoms with Crippen molar-refractivity contribution in [1.29, 1.82) is 0 Å². The second-order valence-electron chi connectivity index (χ2n) is 6.22. The van der Waals surface area contributed by atoms with E-state index in [2.05, 4.69) is 5.16 Å². The van der Waals surface area contributed by atoms with Crippen LogP contribution in [0.4, 0.5) is 0 Å². The summed E-state index contributed by atoms with van der Waals surface area (Å²) in [5.74, 6) is 2.05. The van der Waals surface area contributed by atoms with Crippen LogP contribution in [0.5, 0.6) is 17.2 Å². The third-order valence-corrected chi connectivity index (χ3v) is 4.14. The van der Waals surface area contributed by atoms with Gasteiger partial charge in [0.05, 0.1) is 0 Å². The average Bonchev–Trinajstić information content (AvgIpc) is 3.21. The summed E-state index contributed by atoms with van der Waals surface area (Å²) >= 11 is 0. The summed E-state index contributed by atoms with van der Waals surface area (Å²) in [5.41, 5.74) is 1.31. The van der Waals surface area contributed by atoms with Crippen LogP contribution in [-0.4, -0.2) is 30.4 Å². The van der Waals surface area contributed by atoms with Crippen LogP contribution in [0.25, 0.3) is 11.3 Å². The third kappa shape index (κ3) is 4.09. The second-order valence-corrected chi connectivity index (χ2v) is 6.22. The van der Waals surface area contributed by atoms with Crippen LogP contribution < -0.4 is 14.2 Å². The number of hydrogen-bond acceptors (Lipinski definition) is 7. The molecular formula is C21H19NO6. The predicted octanol–water partition coefficient (Wildman–Crippen LogP) is 3.62. The number of esters is 1. The number of ether oxygens (including phenoxy) is 4. The van der Waals surface area contributed by atoms with Crippen LogP contribution in [-0.2, 0) is 16.1 Å². The number of para-hydroxylation sites is 1. The molecule has 7 heteroatoms. The van der Waals surface area contributed by atoms with Crippen LogP contribution in [0.1, 0.15) is 12.6 Å². The molecule has 2 heterocycles. The largest absolute Gasteiger partial charge is 0.486 e. The van der Waals surface area contributed by atoms with E-state index in [9.17, 15) is 4.79 Å². The van der Waals surface area contributed by atoms with Crippen molar-refractivity contribution >= 4 is 5.97 Å². The Morgan fingerprint density at radius 2 is 1.86 bits per heavy atom. The summed E-state index contributed by atoms with van der Waals surface area (Å²) in [6.45, 7) is 2.68. The molecule has 1 aromatic heterocycles. The van der Waals surface area contributed by atoms with Crippen LogP contribution in [0.3, 0.4) is 0 Å². The number of hydrogen-bond donors (Lipinski definition) is 0. The van der Waals surface area contributed by atoms with Crippen molar-refractivity contribution in [2.45, 2.75) is 19.6 Å². The highest BCUT2D eigenvalue weighted by Crippen LogP contribution is 2.34. The van der Waals surface area contributed by atoms with Gasteiger partial charge in [0.25, 0.3) is 0 Å². The lowest BCUT2D eigenvalue weighted by molar-refractivity contribution is -0.152. The van der Waals surface area contributed by atoms with E-state index in [0.29, 0.717) is 41.9 Å². The Morgan fingerprint density at radius 1 is 1.07 bits per heavy atom. The molecule has 0 aliphatic carbocycles. The highest BCUT2D eigenvalue weighted by molar-refractivity contribution is 5.74. The molecule has 144 valence electrons. The molecule has 1 aliphatic rings. The lowest BCUT2D eigenvalue weighted by atomic mass is 10.1. The van der Waals surface area contributed by atoms with E-state index in [1.807, 2.05) is 36.4 Å². The maximum absolute atomic E-state index is 12.1. The minimum Gasteiger partial charge on any atom is -0.486 e. The Hall–Kier alpha value is -3.48. The van der Waals surface area contributed by atoms with Gasteiger partial charge in [0.15, 0.2) is 23.4 Å². The fourth-order valence-electron chi connectivity index (χ4n) is 2.73. The molecule has 0 fully saturated rings. The summed E-state index contributed by atoms with van der Waals surface area (Å²) in [6, 6.07) is 16.3. The van der Waals surface area contributed by atoms with E-state index in [0.717, 1.165) is 5.56 Å². The van der Waals surface area contributed by atoms with Crippen LogP contribution >= 0.6 is 0 Å². The summed E-state index contributed by atoms with van der Waals surface area (Å²) < 4.78 is 27.3. The first kappa shape index (κ1) is 17.9. The number of benzene rings is 2.